The van der Waals surface area contributed by atoms with Crippen molar-refractivity contribution in [1.82, 2.24) is 4.90 Å². The van der Waals surface area contributed by atoms with Crippen LogP contribution in [0.1, 0.15) is 46.0 Å². The molecule has 4 nitrogen and oxygen atoms in total. The third-order valence-corrected chi connectivity index (χ3v) is 5.53. The van der Waals surface area contributed by atoms with Gasteiger partial charge in [0.25, 0.3) is 11.8 Å². The number of hydrogen-bond acceptors (Lipinski definition) is 3. The van der Waals surface area contributed by atoms with Crippen molar-refractivity contribution in [2.24, 2.45) is 4.99 Å². The summed E-state index contributed by atoms with van der Waals surface area (Å²) >= 11 is 0. The van der Waals surface area contributed by atoms with Crippen molar-refractivity contribution in [1.29, 1.82) is 0 Å². The number of aliphatic imine (C=N–C) groups is 1. The molecule has 26 heavy (non-hydrogen) atoms. The Hall–Kier alpha value is -3.01. The second kappa shape index (κ2) is 6.06. The van der Waals surface area contributed by atoms with Crippen molar-refractivity contribution >= 4 is 23.2 Å². The SMILES string of the molecule is C=CCC1(CCN2C(=O)c3ccccc3C2=O)C(C)=Nc2ccccc21. The fraction of sp³-hybridized carbons (Fsp3) is 0.227. The summed E-state index contributed by atoms with van der Waals surface area (Å²) in [6.45, 7) is 6.30. The molecular formula is C22H20N2O2. The highest BCUT2D eigenvalue weighted by Gasteiger charge is 2.42. The lowest BCUT2D eigenvalue weighted by molar-refractivity contribution is 0.0647. The van der Waals surface area contributed by atoms with Crippen molar-refractivity contribution in [2.75, 3.05) is 6.54 Å². The number of fused-ring (bicyclic) bond motifs is 2. The van der Waals surface area contributed by atoms with Gasteiger partial charge in [-0.2, -0.15) is 0 Å². The summed E-state index contributed by atoms with van der Waals surface area (Å²) in [6, 6.07) is 15.1. The number of carbonyl (C=O) groups is 2. The van der Waals surface area contributed by atoms with Crippen LogP contribution in [-0.2, 0) is 5.41 Å². The predicted molar refractivity (Wildman–Crippen MR) is 102 cm³/mol. The molecule has 0 radical (unpaired) electrons. The molecular weight excluding hydrogens is 324 g/mol. The Morgan fingerprint density at radius 2 is 1.65 bits per heavy atom. The fourth-order valence-corrected chi connectivity index (χ4v) is 4.12. The van der Waals surface area contributed by atoms with Crippen LogP contribution < -0.4 is 0 Å². The van der Waals surface area contributed by atoms with Crippen molar-refractivity contribution < 1.29 is 9.59 Å². The maximum absolute atomic E-state index is 12.7. The molecule has 2 aromatic carbocycles. The number of amides is 2. The lowest BCUT2D eigenvalue weighted by Gasteiger charge is -2.31. The summed E-state index contributed by atoms with van der Waals surface area (Å²) in [5.74, 6) is -0.416. The molecule has 0 fully saturated rings. The van der Waals surface area contributed by atoms with E-state index in [0.717, 1.165) is 23.4 Å². The quantitative estimate of drug-likeness (QED) is 0.600. The number of benzene rings is 2. The molecule has 2 amide bonds. The van der Waals surface area contributed by atoms with Gasteiger partial charge in [0.2, 0.25) is 0 Å². The lowest BCUT2D eigenvalue weighted by Crippen LogP contribution is -2.38. The van der Waals surface area contributed by atoms with Gasteiger partial charge in [0, 0.05) is 17.7 Å². The molecule has 0 bridgehead atoms. The number of allylic oxidation sites excluding steroid dienone is 1. The van der Waals surface area contributed by atoms with Crippen LogP contribution in [0.25, 0.3) is 0 Å². The van der Waals surface area contributed by atoms with Gasteiger partial charge in [0.15, 0.2) is 0 Å². The lowest BCUT2D eigenvalue weighted by atomic mass is 9.72. The largest absolute Gasteiger partial charge is 0.274 e. The van der Waals surface area contributed by atoms with Gasteiger partial charge in [-0.05, 0) is 43.5 Å². The van der Waals surface area contributed by atoms with Crippen molar-refractivity contribution in [3.8, 4) is 0 Å². The zero-order chi connectivity index (χ0) is 18.3. The van der Waals surface area contributed by atoms with Crippen LogP contribution in [-0.4, -0.2) is 29.0 Å². The van der Waals surface area contributed by atoms with Gasteiger partial charge in [-0.15, -0.1) is 6.58 Å². The molecule has 0 N–H and O–H groups in total. The maximum Gasteiger partial charge on any atom is 0.261 e. The first-order valence-corrected chi connectivity index (χ1v) is 8.80. The monoisotopic (exact) mass is 344 g/mol. The molecule has 2 heterocycles. The van der Waals surface area contributed by atoms with E-state index >= 15 is 0 Å². The molecule has 0 spiro atoms. The van der Waals surface area contributed by atoms with Crippen LogP contribution in [0.4, 0.5) is 5.69 Å². The third kappa shape index (κ3) is 2.25. The Morgan fingerprint density at radius 3 is 2.31 bits per heavy atom. The van der Waals surface area contributed by atoms with E-state index in [-0.39, 0.29) is 17.2 Å². The van der Waals surface area contributed by atoms with Crippen molar-refractivity contribution in [2.45, 2.75) is 25.2 Å². The minimum atomic E-state index is -0.312. The number of hydrogen-bond donors (Lipinski definition) is 0. The average molecular weight is 344 g/mol. The zero-order valence-electron chi connectivity index (χ0n) is 14.7. The van der Waals surface area contributed by atoms with Gasteiger partial charge >= 0.3 is 0 Å². The second-order valence-corrected chi connectivity index (χ2v) is 6.85. The number of imide groups is 1. The number of para-hydroxylation sites is 1. The van der Waals surface area contributed by atoms with Gasteiger partial charge in [0.1, 0.15) is 0 Å². The highest BCUT2D eigenvalue weighted by Crippen LogP contribution is 2.45. The molecule has 4 rings (SSSR count). The molecule has 2 aromatic rings. The van der Waals surface area contributed by atoms with Crippen LogP contribution in [0.3, 0.4) is 0 Å². The minimum absolute atomic E-state index is 0.208. The standard InChI is InChI=1S/C22H20N2O2/c1-3-12-22(15(2)23-19-11-7-6-10-18(19)22)13-14-24-20(25)16-8-4-5-9-17(16)21(24)26/h3-11H,1,12-14H2,2H3. The molecule has 0 aromatic heterocycles. The first-order valence-electron chi connectivity index (χ1n) is 8.80. The third-order valence-electron chi connectivity index (χ3n) is 5.53. The highest BCUT2D eigenvalue weighted by molar-refractivity contribution is 6.21. The Kier molecular flexibility index (Phi) is 3.83. The molecule has 2 aliphatic rings. The first-order chi connectivity index (χ1) is 12.6. The predicted octanol–water partition coefficient (Wildman–Crippen LogP) is 4.29. The molecule has 1 unspecified atom stereocenters. The van der Waals surface area contributed by atoms with E-state index in [0.29, 0.717) is 24.1 Å². The fourth-order valence-electron chi connectivity index (χ4n) is 4.12. The number of rotatable bonds is 5. The summed E-state index contributed by atoms with van der Waals surface area (Å²) in [6.07, 6.45) is 3.25. The van der Waals surface area contributed by atoms with Gasteiger partial charge in [-0.3, -0.25) is 19.5 Å². The maximum atomic E-state index is 12.7. The van der Waals surface area contributed by atoms with Gasteiger partial charge in [-0.1, -0.05) is 36.4 Å². The smallest absolute Gasteiger partial charge is 0.261 e. The molecule has 130 valence electrons. The average Bonchev–Trinajstić information content (AvgIpc) is 3.07. The van der Waals surface area contributed by atoms with Gasteiger partial charge < -0.3 is 0 Å². The van der Waals surface area contributed by atoms with E-state index in [4.69, 9.17) is 4.99 Å². The van der Waals surface area contributed by atoms with Crippen LogP contribution in [0.5, 0.6) is 0 Å². The Balaban J connectivity index is 1.65. The van der Waals surface area contributed by atoms with Crippen LogP contribution in [0.2, 0.25) is 0 Å². The van der Waals surface area contributed by atoms with Gasteiger partial charge in [-0.25, -0.2) is 0 Å². The minimum Gasteiger partial charge on any atom is -0.274 e. The van der Waals surface area contributed by atoms with E-state index in [2.05, 4.69) is 12.6 Å². The molecule has 2 aliphatic heterocycles. The molecule has 0 saturated carbocycles. The van der Waals surface area contributed by atoms with Crippen molar-refractivity contribution in [3.63, 3.8) is 0 Å². The summed E-state index contributed by atoms with van der Waals surface area (Å²) < 4.78 is 0. The molecule has 4 heteroatoms. The van der Waals surface area contributed by atoms with Crippen molar-refractivity contribution in [3.05, 3.63) is 77.9 Å². The first kappa shape index (κ1) is 16.5. The van der Waals surface area contributed by atoms with E-state index in [1.165, 1.54) is 4.90 Å². The Morgan fingerprint density at radius 1 is 1.04 bits per heavy atom. The molecule has 0 aliphatic carbocycles. The Bertz CT molecular complexity index is 925. The summed E-state index contributed by atoms with van der Waals surface area (Å²) in [5, 5.41) is 0. The molecule has 1 atom stereocenters. The second-order valence-electron chi connectivity index (χ2n) is 6.85. The topological polar surface area (TPSA) is 49.7 Å². The van der Waals surface area contributed by atoms with Crippen LogP contribution >= 0.6 is 0 Å². The van der Waals surface area contributed by atoms with Crippen LogP contribution in [0, 0.1) is 0 Å². The van der Waals surface area contributed by atoms with Crippen LogP contribution in [0.15, 0.2) is 66.2 Å². The number of carbonyl (C=O) groups excluding carboxylic acids is 2. The summed E-state index contributed by atoms with van der Waals surface area (Å²) in [5.41, 5.74) is 3.80. The van der Waals surface area contributed by atoms with E-state index in [9.17, 15) is 9.59 Å². The highest BCUT2D eigenvalue weighted by atomic mass is 16.2. The summed E-state index contributed by atoms with van der Waals surface area (Å²) in [7, 11) is 0. The molecule has 0 saturated heterocycles. The zero-order valence-corrected chi connectivity index (χ0v) is 14.7. The van der Waals surface area contributed by atoms with E-state index in [1.807, 2.05) is 31.2 Å². The normalized spacial score (nSPS) is 20.8. The van der Waals surface area contributed by atoms with E-state index < -0.39 is 0 Å². The Labute approximate surface area is 152 Å². The summed E-state index contributed by atoms with van der Waals surface area (Å²) in [4.78, 5) is 31.4. The van der Waals surface area contributed by atoms with Gasteiger partial charge in [0.05, 0.1) is 16.8 Å². The van der Waals surface area contributed by atoms with E-state index in [1.54, 1.807) is 24.3 Å². The number of nitrogens with zero attached hydrogens (tertiary/aromatic N) is 2.